The third-order valence-corrected chi connectivity index (χ3v) is 3.53. The molecule has 1 rings (SSSR count). The van der Waals surface area contributed by atoms with Gasteiger partial charge in [-0.15, -0.1) is 0 Å². The Morgan fingerprint density at radius 2 is 2.15 bits per heavy atom. The molecular formula is C12H22O. The quantitative estimate of drug-likeness (QED) is 0.652. The highest BCUT2D eigenvalue weighted by atomic mass is 16.1. The fourth-order valence-electron chi connectivity index (χ4n) is 2.26. The fraction of sp³-hybridized carbons (Fsp3) is 0.917. The molecule has 1 aliphatic rings. The molecule has 0 amide bonds. The summed E-state index contributed by atoms with van der Waals surface area (Å²) in [6.07, 6.45) is 6.53. The van der Waals surface area contributed by atoms with Crippen LogP contribution in [0.5, 0.6) is 0 Å². The van der Waals surface area contributed by atoms with Crippen LogP contribution in [0.15, 0.2) is 0 Å². The van der Waals surface area contributed by atoms with Gasteiger partial charge < -0.3 is 0 Å². The average molecular weight is 182 g/mol. The van der Waals surface area contributed by atoms with Gasteiger partial charge in [-0.1, -0.05) is 33.6 Å². The molecule has 1 atom stereocenters. The Balaban J connectivity index is 2.50. The number of carbonyl (C=O) groups excluding carboxylic acids is 1. The topological polar surface area (TPSA) is 17.1 Å². The Hall–Kier alpha value is -0.330. The largest absolute Gasteiger partial charge is 0.300 e. The second-order valence-electron chi connectivity index (χ2n) is 5.07. The predicted octanol–water partition coefficient (Wildman–Crippen LogP) is 3.57. The third kappa shape index (κ3) is 2.82. The number of rotatable bonds is 3. The van der Waals surface area contributed by atoms with E-state index >= 15 is 0 Å². The lowest BCUT2D eigenvalue weighted by molar-refractivity contribution is -0.124. The van der Waals surface area contributed by atoms with Crippen LogP contribution >= 0.6 is 0 Å². The van der Waals surface area contributed by atoms with E-state index in [-0.39, 0.29) is 0 Å². The Labute approximate surface area is 81.9 Å². The number of Topliss-reactive ketones (excluding diaryl/α,β-unsaturated/α-hetero) is 1. The number of carbonyl (C=O) groups is 1. The zero-order chi connectivity index (χ0) is 9.90. The van der Waals surface area contributed by atoms with Gasteiger partial charge in [0.15, 0.2) is 0 Å². The summed E-state index contributed by atoms with van der Waals surface area (Å²) in [5.41, 5.74) is 0.406. The highest BCUT2D eigenvalue weighted by Crippen LogP contribution is 2.41. The van der Waals surface area contributed by atoms with Crippen LogP contribution in [-0.4, -0.2) is 5.78 Å². The Bertz CT molecular complexity index is 182. The lowest BCUT2D eigenvalue weighted by Crippen LogP contribution is -2.31. The molecule has 0 aromatic rings. The van der Waals surface area contributed by atoms with E-state index in [1.165, 1.54) is 19.3 Å². The summed E-state index contributed by atoms with van der Waals surface area (Å²) >= 11 is 0. The lowest BCUT2D eigenvalue weighted by Gasteiger charge is -2.38. The summed E-state index contributed by atoms with van der Waals surface area (Å²) in [6.45, 7) is 6.86. The standard InChI is InChI=1S/C12H22O/c1-4-5-6-10-9-11(13)7-8-12(10,2)3/h10H,4-9H2,1-3H3/t10-/m0/s1. The molecule has 0 heterocycles. The van der Waals surface area contributed by atoms with Crippen molar-refractivity contribution < 1.29 is 4.79 Å². The number of hydrogen-bond donors (Lipinski definition) is 0. The van der Waals surface area contributed by atoms with Crippen LogP contribution in [-0.2, 0) is 4.79 Å². The summed E-state index contributed by atoms with van der Waals surface area (Å²) in [6, 6.07) is 0. The Morgan fingerprint density at radius 1 is 1.46 bits per heavy atom. The van der Waals surface area contributed by atoms with Gasteiger partial charge in [-0.05, 0) is 24.2 Å². The van der Waals surface area contributed by atoms with Crippen molar-refractivity contribution in [3.63, 3.8) is 0 Å². The highest BCUT2D eigenvalue weighted by molar-refractivity contribution is 5.79. The zero-order valence-electron chi connectivity index (χ0n) is 9.23. The monoisotopic (exact) mass is 182 g/mol. The number of ketones is 1. The van der Waals surface area contributed by atoms with Gasteiger partial charge in [0.2, 0.25) is 0 Å². The SMILES string of the molecule is CCCC[C@H]1CC(=O)CCC1(C)C. The van der Waals surface area contributed by atoms with E-state index in [1.54, 1.807) is 0 Å². The van der Waals surface area contributed by atoms with Gasteiger partial charge in [-0.25, -0.2) is 0 Å². The van der Waals surface area contributed by atoms with Crippen molar-refractivity contribution in [2.24, 2.45) is 11.3 Å². The van der Waals surface area contributed by atoms with E-state index in [2.05, 4.69) is 20.8 Å². The van der Waals surface area contributed by atoms with Gasteiger partial charge >= 0.3 is 0 Å². The van der Waals surface area contributed by atoms with E-state index in [1.807, 2.05) is 0 Å². The van der Waals surface area contributed by atoms with E-state index in [0.29, 0.717) is 17.1 Å². The maximum atomic E-state index is 11.3. The predicted molar refractivity (Wildman–Crippen MR) is 55.7 cm³/mol. The Morgan fingerprint density at radius 3 is 2.77 bits per heavy atom. The molecule has 13 heavy (non-hydrogen) atoms. The summed E-state index contributed by atoms with van der Waals surface area (Å²) in [4.78, 5) is 11.3. The third-order valence-electron chi connectivity index (χ3n) is 3.53. The van der Waals surface area contributed by atoms with Gasteiger partial charge in [-0.2, -0.15) is 0 Å². The minimum Gasteiger partial charge on any atom is -0.300 e. The van der Waals surface area contributed by atoms with Crippen molar-refractivity contribution in [3.05, 3.63) is 0 Å². The minimum atomic E-state index is 0.406. The van der Waals surface area contributed by atoms with Gasteiger partial charge in [-0.3, -0.25) is 4.79 Å². The second-order valence-corrected chi connectivity index (χ2v) is 5.07. The van der Waals surface area contributed by atoms with Crippen LogP contribution in [0, 0.1) is 11.3 Å². The number of unbranched alkanes of at least 4 members (excludes halogenated alkanes) is 1. The smallest absolute Gasteiger partial charge is 0.133 e. The molecule has 0 aliphatic heterocycles. The normalized spacial score (nSPS) is 27.6. The van der Waals surface area contributed by atoms with E-state index in [9.17, 15) is 4.79 Å². The maximum Gasteiger partial charge on any atom is 0.133 e. The minimum absolute atomic E-state index is 0.406. The van der Waals surface area contributed by atoms with Crippen molar-refractivity contribution in [1.29, 1.82) is 0 Å². The van der Waals surface area contributed by atoms with Crippen LogP contribution in [0.25, 0.3) is 0 Å². The van der Waals surface area contributed by atoms with Crippen LogP contribution in [0.3, 0.4) is 0 Å². The first-order chi connectivity index (χ1) is 6.06. The molecule has 0 aromatic heterocycles. The first kappa shape index (κ1) is 10.7. The summed E-state index contributed by atoms with van der Waals surface area (Å²) in [7, 11) is 0. The van der Waals surface area contributed by atoms with Crippen LogP contribution in [0.2, 0.25) is 0 Å². The number of hydrogen-bond acceptors (Lipinski definition) is 1. The van der Waals surface area contributed by atoms with Crippen molar-refractivity contribution in [2.45, 2.75) is 59.3 Å². The molecule has 0 bridgehead atoms. The van der Waals surface area contributed by atoms with Crippen molar-refractivity contribution in [1.82, 2.24) is 0 Å². The molecule has 76 valence electrons. The van der Waals surface area contributed by atoms with Crippen molar-refractivity contribution in [3.8, 4) is 0 Å². The van der Waals surface area contributed by atoms with Gasteiger partial charge in [0.05, 0.1) is 0 Å². The molecule has 1 nitrogen and oxygen atoms in total. The molecule has 1 heteroatoms. The van der Waals surface area contributed by atoms with E-state index < -0.39 is 0 Å². The Kier molecular flexibility index (Phi) is 3.52. The van der Waals surface area contributed by atoms with E-state index in [0.717, 1.165) is 19.3 Å². The van der Waals surface area contributed by atoms with E-state index in [4.69, 9.17) is 0 Å². The van der Waals surface area contributed by atoms with Crippen molar-refractivity contribution in [2.75, 3.05) is 0 Å². The molecule has 1 aliphatic carbocycles. The van der Waals surface area contributed by atoms with Gasteiger partial charge in [0.25, 0.3) is 0 Å². The van der Waals surface area contributed by atoms with Crippen LogP contribution < -0.4 is 0 Å². The highest BCUT2D eigenvalue weighted by Gasteiger charge is 2.34. The molecule has 0 saturated heterocycles. The van der Waals surface area contributed by atoms with Crippen LogP contribution in [0.4, 0.5) is 0 Å². The summed E-state index contributed by atoms with van der Waals surface area (Å²) in [5.74, 6) is 1.13. The zero-order valence-corrected chi connectivity index (χ0v) is 9.23. The fourth-order valence-corrected chi connectivity index (χ4v) is 2.26. The first-order valence-electron chi connectivity index (χ1n) is 5.58. The first-order valence-corrected chi connectivity index (χ1v) is 5.58. The van der Waals surface area contributed by atoms with Gasteiger partial charge in [0.1, 0.15) is 5.78 Å². The lowest BCUT2D eigenvalue weighted by atomic mass is 9.67. The summed E-state index contributed by atoms with van der Waals surface area (Å²) in [5, 5.41) is 0. The molecule has 0 unspecified atom stereocenters. The molecule has 1 saturated carbocycles. The average Bonchev–Trinajstić information content (AvgIpc) is 2.07. The maximum absolute atomic E-state index is 11.3. The summed E-state index contributed by atoms with van der Waals surface area (Å²) < 4.78 is 0. The molecule has 0 radical (unpaired) electrons. The second kappa shape index (κ2) is 4.26. The van der Waals surface area contributed by atoms with Crippen LogP contribution in [0.1, 0.15) is 59.3 Å². The molecule has 0 N–H and O–H groups in total. The molecule has 0 spiro atoms. The van der Waals surface area contributed by atoms with Gasteiger partial charge in [0, 0.05) is 12.8 Å². The molecule has 1 fully saturated rings. The van der Waals surface area contributed by atoms with Crippen molar-refractivity contribution >= 4 is 5.78 Å². The molecular weight excluding hydrogens is 160 g/mol. The molecule has 0 aromatic carbocycles.